The highest BCUT2D eigenvalue weighted by atomic mass is 16.6. The van der Waals surface area contributed by atoms with Gasteiger partial charge in [0.15, 0.2) is 0 Å². The minimum atomic E-state index is -2.32. The molecule has 2 atom stereocenters. The quantitative estimate of drug-likeness (QED) is 0.274. The summed E-state index contributed by atoms with van der Waals surface area (Å²) in [6, 6.07) is 0. The van der Waals surface area contributed by atoms with Crippen molar-refractivity contribution in [2.45, 2.75) is 33.2 Å². The highest BCUT2D eigenvalue weighted by molar-refractivity contribution is 6.07. The number of carbonyl (C=O) groups is 5. The van der Waals surface area contributed by atoms with Crippen LogP contribution >= 0.6 is 0 Å². The molecule has 19 heavy (non-hydrogen) atoms. The van der Waals surface area contributed by atoms with Crippen molar-refractivity contribution in [3.05, 3.63) is 0 Å². The van der Waals surface area contributed by atoms with Gasteiger partial charge in [-0.05, 0) is 0 Å². The number of hydrogen-bond acceptors (Lipinski definition) is 9. The van der Waals surface area contributed by atoms with E-state index in [9.17, 15) is 29.1 Å². The summed E-state index contributed by atoms with van der Waals surface area (Å²) in [6.07, 6.45) is -4.52. The fourth-order valence-electron chi connectivity index (χ4n) is 0.928. The van der Waals surface area contributed by atoms with E-state index >= 15 is 0 Å². The molecule has 0 aromatic rings. The van der Waals surface area contributed by atoms with Crippen molar-refractivity contribution in [3.8, 4) is 0 Å². The molecule has 0 amide bonds. The lowest BCUT2D eigenvalue weighted by atomic mass is 10.2. The van der Waals surface area contributed by atoms with E-state index in [0.717, 1.165) is 20.8 Å². The molecule has 106 valence electrons. The van der Waals surface area contributed by atoms with Gasteiger partial charge in [0.1, 0.15) is 0 Å². The second-order valence-corrected chi connectivity index (χ2v) is 3.27. The number of aliphatic hydroxyl groups is 1. The molecule has 0 aliphatic heterocycles. The molecule has 1 N–H and O–H groups in total. The van der Waals surface area contributed by atoms with Crippen molar-refractivity contribution in [1.82, 2.24) is 0 Å². The highest BCUT2D eigenvalue weighted by Gasteiger charge is 2.38. The summed E-state index contributed by atoms with van der Waals surface area (Å²) < 4.78 is 12.5. The summed E-state index contributed by atoms with van der Waals surface area (Å²) in [5, 5.41) is 9.18. The standard InChI is InChI=1S/C10H12O9/c1-4(11)17-8(10(16)19-6(3)13)7(14)9(15)18-5(2)12/h8-9,15H,1-3H3. The summed E-state index contributed by atoms with van der Waals surface area (Å²) in [7, 11) is 0. The van der Waals surface area contributed by atoms with Crippen LogP contribution in [-0.2, 0) is 38.2 Å². The van der Waals surface area contributed by atoms with Crippen LogP contribution in [0.1, 0.15) is 20.8 Å². The van der Waals surface area contributed by atoms with E-state index in [-0.39, 0.29) is 0 Å². The van der Waals surface area contributed by atoms with Gasteiger partial charge < -0.3 is 19.3 Å². The van der Waals surface area contributed by atoms with Gasteiger partial charge in [-0.15, -0.1) is 0 Å². The fraction of sp³-hybridized carbons (Fsp3) is 0.500. The molecule has 0 aliphatic carbocycles. The van der Waals surface area contributed by atoms with Crippen LogP contribution in [0.3, 0.4) is 0 Å². The largest absolute Gasteiger partial charge is 0.442 e. The first-order chi connectivity index (χ1) is 8.65. The van der Waals surface area contributed by atoms with E-state index < -0.39 is 42.1 Å². The molecule has 0 saturated carbocycles. The molecule has 0 fully saturated rings. The Balaban J connectivity index is 4.97. The maximum Gasteiger partial charge on any atom is 0.363 e. The molecule has 0 bridgehead atoms. The molecule has 0 radical (unpaired) electrons. The van der Waals surface area contributed by atoms with E-state index in [1.807, 2.05) is 0 Å². The van der Waals surface area contributed by atoms with Crippen molar-refractivity contribution in [2.24, 2.45) is 0 Å². The van der Waals surface area contributed by atoms with Crippen molar-refractivity contribution in [2.75, 3.05) is 0 Å². The number of ether oxygens (including phenoxy) is 3. The number of aliphatic hydroxyl groups excluding tert-OH is 1. The zero-order valence-corrected chi connectivity index (χ0v) is 10.4. The average molecular weight is 276 g/mol. The molecule has 0 spiro atoms. The summed E-state index contributed by atoms with van der Waals surface area (Å²) in [6.45, 7) is 2.68. The van der Waals surface area contributed by atoms with Gasteiger partial charge in [0.05, 0.1) is 0 Å². The van der Waals surface area contributed by atoms with Gasteiger partial charge in [-0.25, -0.2) is 4.79 Å². The maximum absolute atomic E-state index is 11.5. The SMILES string of the molecule is CC(=O)OC(=O)C(OC(C)=O)C(=O)C(O)OC(C)=O. The molecule has 9 nitrogen and oxygen atoms in total. The Kier molecular flexibility index (Phi) is 6.34. The van der Waals surface area contributed by atoms with Gasteiger partial charge in [0, 0.05) is 20.8 Å². The Bertz CT molecular complexity index is 411. The van der Waals surface area contributed by atoms with Crippen LogP contribution in [0.2, 0.25) is 0 Å². The van der Waals surface area contributed by atoms with Crippen molar-refractivity contribution >= 4 is 29.7 Å². The molecular weight excluding hydrogens is 264 g/mol. The Hall–Kier alpha value is -2.29. The first kappa shape index (κ1) is 16.7. The molecule has 9 heteroatoms. The van der Waals surface area contributed by atoms with E-state index in [4.69, 9.17) is 0 Å². The van der Waals surface area contributed by atoms with Crippen molar-refractivity contribution in [3.63, 3.8) is 0 Å². The van der Waals surface area contributed by atoms with Crippen LogP contribution in [0.25, 0.3) is 0 Å². The van der Waals surface area contributed by atoms with E-state index in [1.165, 1.54) is 0 Å². The molecule has 0 rings (SSSR count). The number of esters is 4. The predicted octanol–water partition coefficient (Wildman–Crippen LogP) is -1.54. The summed E-state index contributed by atoms with van der Waals surface area (Å²) >= 11 is 0. The zero-order valence-electron chi connectivity index (χ0n) is 10.4. The number of rotatable bonds is 5. The Morgan fingerprint density at radius 1 is 0.842 bits per heavy atom. The monoisotopic (exact) mass is 276 g/mol. The predicted molar refractivity (Wildman–Crippen MR) is 55.1 cm³/mol. The maximum atomic E-state index is 11.5. The molecule has 0 aromatic heterocycles. The smallest absolute Gasteiger partial charge is 0.363 e. The number of hydrogen-bond donors (Lipinski definition) is 1. The minimum absolute atomic E-state index is 0.885. The lowest BCUT2D eigenvalue weighted by Crippen LogP contribution is -2.43. The van der Waals surface area contributed by atoms with Gasteiger partial charge in [-0.2, -0.15) is 0 Å². The number of Topliss-reactive ketones (excluding diaryl/α,β-unsaturated/α-hetero) is 1. The second-order valence-electron chi connectivity index (χ2n) is 3.27. The van der Waals surface area contributed by atoms with Gasteiger partial charge in [-0.1, -0.05) is 0 Å². The number of ketones is 1. The first-order valence-electron chi connectivity index (χ1n) is 4.93. The zero-order chi connectivity index (χ0) is 15.2. The molecule has 0 heterocycles. The van der Waals surface area contributed by atoms with Gasteiger partial charge in [-0.3, -0.25) is 19.2 Å². The van der Waals surface area contributed by atoms with E-state index in [1.54, 1.807) is 0 Å². The Morgan fingerprint density at radius 2 is 1.32 bits per heavy atom. The van der Waals surface area contributed by atoms with Crippen LogP contribution in [0.4, 0.5) is 0 Å². The molecular formula is C10H12O9. The van der Waals surface area contributed by atoms with Gasteiger partial charge in [0.2, 0.25) is 0 Å². The lowest BCUT2D eigenvalue weighted by molar-refractivity contribution is -0.188. The van der Waals surface area contributed by atoms with Crippen LogP contribution in [-0.4, -0.2) is 47.2 Å². The van der Waals surface area contributed by atoms with Crippen LogP contribution < -0.4 is 0 Å². The third-order valence-electron chi connectivity index (χ3n) is 1.52. The number of carbonyl (C=O) groups excluding carboxylic acids is 5. The lowest BCUT2D eigenvalue weighted by Gasteiger charge is -2.16. The molecule has 2 unspecified atom stereocenters. The normalized spacial score (nSPS) is 12.8. The Labute approximate surface area is 107 Å². The molecule has 0 aliphatic rings. The second kappa shape index (κ2) is 7.21. The topological polar surface area (TPSA) is 133 Å². The summed E-state index contributed by atoms with van der Waals surface area (Å²) in [4.78, 5) is 54.7. The van der Waals surface area contributed by atoms with Crippen LogP contribution in [0.5, 0.6) is 0 Å². The van der Waals surface area contributed by atoms with Crippen LogP contribution in [0, 0.1) is 0 Å². The first-order valence-corrected chi connectivity index (χ1v) is 4.93. The third-order valence-corrected chi connectivity index (χ3v) is 1.52. The highest BCUT2D eigenvalue weighted by Crippen LogP contribution is 2.04. The summed E-state index contributed by atoms with van der Waals surface area (Å²) in [5.74, 6) is -6.02. The average Bonchev–Trinajstić information content (AvgIpc) is 2.22. The van der Waals surface area contributed by atoms with Gasteiger partial charge in [0.25, 0.3) is 18.2 Å². The van der Waals surface area contributed by atoms with Crippen molar-refractivity contribution < 1.29 is 43.3 Å². The Morgan fingerprint density at radius 3 is 1.68 bits per heavy atom. The molecule has 0 saturated heterocycles. The van der Waals surface area contributed by atoms with E-state index in [0.29, 0.717) is 0 Å². The third kappa shape index (κ3) is 6.27. The molecule has 0 aromatic carbocycles. The van der Waals surface area contributed by atoms with Gasteiger partial charge >= 0.3 is 23.9 Å². The fourth-order valence-corrected chi connectivity index (χ4v) is 0.928. The minimum Gasteiger partial charge on any atom is -0.442 e. The van der Waals surface area contributed by atoms with Crippen LogP contribution in [0.15, 0.2) is 0 Å². The van der Waals surface area contributed by atoms with E-state index in [2.05, 4.69) is 14.2 Å². The van der Waals surface area contributed by atoms with Crippen molar-refractivity contribution in [1.29, 1.82) is 0 Å². The summed E-state index contributed by atoms with van der Waals surface area (Å²) in [5.41, 5.74) is 0.